The standard InChI is InChI=1S/C20H24N2O2/c23-20(17-13-14-7-8-16(17)12-14)22-10-3-11-24-18-6-1-4-15-5-2-9-21-19(15)18/h1-2,4-6,9,14,16-17H,3,7-8,10-13H2,(H,22,23). The van der Waals surface area contributed by atoms with Crippen molar-refractivity contribution in [2.45, 2.75) is 32.1 Å². The summed E-state index contributed by atoms with van der Waals surface area (Å²) in [7, 11) is 0. The fourth-order valence-corrected chi connectivity index (χ4v) is 4.36. The third kappa shape index (κ3) is 3.10. The van der Waals surface area contributed by atoms with E-state index in [0.717, 1.165) is 35.4 Å². The van der Waals surface area contributed by atoms with Crippen molar-refractivity contribution < 1.29 is 9.53 Å². The Bertz CT molecular complexity index is 725. The van der Waals surface area contributed by atoms with E-state index in [0.29, 0.717) is 19.1 Å². The maximum absolute atomic E-state index is 12.3. The van der Waals surface area contributed by atoms with Crippen LogP contribution in [0.3, 0.4) is 0 Å². The Morgan fingerprint density at radius 1 is 1.21 bits per heavy atom. The van der Waals surface area contributed by atoms with Crippen LogP contribution in [0.5, 0.6) is 5.75 Å². The van der Waals surface area contributed by atoms with E-state index in [9.17, 15) is 4.79 Å². The van der Waals surface area contributed by atoms with Gasteiger partial charge in [0.25, 0.3) is 0 Å². The second-order valence-electron chi connectivity index (χ2n) is 7.11. The lowest BCUT2D eigenvalue weighted by Gasteiger charge is -2.20. The Kier molecular flexibility index (Phi) is 4.37. The summed E-state index contributed by atoms with van der Waals surface area (Å²) in [6.07, 6.45) is 7.56. The summed E-state index contributed by atoms with van der Waals surface area (Å²) in [5, 5.41) is 4.18. The van der Waals surface area contributed by atoms with E-state index in [1.165, 1.54) is 19.3 Å². The second kappa shape index (κ2) is 6.80. The van der Waals surface area contributed by atoms with Crippen molar-refractivity contribution in [2.75, 3.05) is 13.2 Å². The number of nitrogens with one attached hydrogen (secondary N) is 1. The highest BCUT2D eigenvalue weighted by atomic mass is 16.5. The molecular formula is C20H24N2O2. The van der Waals surface area contributed by atoms with Crippen molar-refractivity contribution in [2.24, 2.45) is 17.8 Å². The second-order valence-corrected chi connectivity index (χ2v) is 7.11. The van der Waals surface area contributed by atoms with Gasteiger partial charge in [0.2, 0.25) is 5.91 Å². The lowest BCUT2D eigenvalue weighted by Crippen LogP contribution is -2.34. The zero-order chi connectivity index (χ0) is 16.4. The van der Waals surface area contributed by atoms with Gasteiger partial charge in [0.1, 0.15) is 11.3 Å². The summed E-state index contributed by atoms with van der Waals surface area (Å²) < 4.78 is 5.86. The highest BCUT2D eigenvalue weighted by molar-refractivity contribution is 5.84. The smallest absolute Gasteiger partial charge is 0.223 e. The van der Waals surface area contributed by atoms with E-state index in [2.05, 4.69) is 10.3 Å². The Labute approximate surface area is 142 Å². The highest BCUT2D eigenvalue weighted by Gasteiger charge is 2.42. The minimum absolute atomic E-state index is 0.258. The topological polar surface area (TPSA) is 51.2 Å². The molecule has 2 fully saturated rings. The number of benzene rings is 1. The zero-order valence-corrected chi connectivity index (χ0v) is 13.9. The van der Waals surface area contributed by atoms with Gasteiger partial charge in [0.05, 0.1) is 6.61 Å². The first-order valence-corrected chi connectivity index (χ1v) is 9.05. The van der Waals surface area contributed by atoms with Gasteiger partial charge >= 0.3 is 0 Å². The zero-order valence-electron chi connectivity index (χ0n) is 13.9. The molecule has 4 nitrogen and oxygen atoms in total. The Morgan fingerprint density at radius 2 is 2.12 bits per heavy atom. The first-order chi connectivity index (χ1) is 11.8. The molecule has 24 heavy (non-hydrogen) atoms. The predicted molar refractivity (Wildman–Crippen MR) is 93.8 cm³/mol. The number of aromatic nitrogens is 1. The van der Waals surface area contributed by atoms with Crippen LogP contribution in [-0.2, 0) is 4.79 Å². The number of carbonyl (C=O) groups excluding carboxylic acids is 1. The number of para-hydroxylation sites is 1. The number of carbonyl (C=O) groups is 1. The minimum atomic E-state index is 0.258. The van der Waals surface area contributed by atoms with Crippen LogP contribution in [-0.4, -0.2) is 24.0 Å². The molecule has 1 aromatic heterocycles. The third-order valence-corrected chi connectivity index (χ3v) is 5.55. The predicted octanol–water partition coefficient (Wildman–Crippen LogP) is 3.56. The lowest BCUT2D eigenvalue weighted by molar-refractivity contribution is -0.126. The Morgan fingerprint density at radius 3 is 2.96 bits per heavy atom. The van der Waals surface area contributed by atoms with Gasteiger partial charge in [0, 0.05) is 24.0 Å². The van der Waals surface area contributed by atoms with Crippen LogP contribution in [0, 0.1) is 17.8 Å². The van der Waals surface area contributed by atoms with Gasteiger partial charge in [-0.2, -0.15) is 0 Å². The van der Waals surface area contributed by atoms with E-state index in [1.807, 2.05) is 30.3 Å². The number of rotatable bonds is 6. The SMILES string of the molecule is O=C(NCCCOc1cccc2cccnc12)C1CC2CCC1C2. The first kappa shape index (κ1) is 15.4. The lowest BCUT2D eigenvalue weighted by atomic mass is 9.88. The van der Waals surface area contributed by atoms with Crippen molar-refractivity contribution >= 4 is 16.8 Å². The maximum Gasteiger partial charge on any atom is 0.223 e. The molecule has 1 N–H and O–H groups in total. The molecule has 0 saturated heterocycles. The average Bonchev–Trinajstić information content (AvgIpc) is 3.25. The van der Waals surface area contributed by atoms with Crippen molar-refractivity contribution in [3.05, 3.63) is 36.5 Å². The monoisotopic (exact) mass is 324 g/mol. The summed E-state index contributed by atoms with van der Waals surface area (Å²) in [5.41, 5.74) is 0.894. The molecule has 1 amide bonds. The van der Waals surface area contributed by atoms with Gasteiger partial charge < -0.3 is 10.1 Å². The number of fused-ring (bicyclic) bond motifs is 3. The molecule has 4 heteroatoms. The van der Waals surface area contributed by atoms with Crippen molar-refractivity contribution in [1.82, 2.24) is 10.3 Å². The molecule has 0 radical (unpaired) electrons. The molecule has 3 unspecified atom stereocenters. The van der Waals surface area contributed by atoms with E-state index < -0.39 is 0 Å². The molecule has 1 aromatic carbocycles. The molecule has 1 heterocycles. The first-order valence-electron chi connectivity index (χ1n) is 9.05. The molecule has 4 rings (SSSR count). The Balaban J connectivity index is 1.22. The quantitative estimate of drug-likeness (QED) is 0.827. The molecule has 0 spiro atoms. The fraction of sp³-hybridized carbons (Fsp3) is 0.500. The summed E-state index contributed by atoms with van der Waals surface area (Å²) in [4.78, 5) is 16.7. The normalized spacial score (nSPS) is 25.1. The van der Waals surface area contributed by atoms with E-state index in [-0.39, 0.29) is 11.8 Å². The van der Waals surface area contributed by atoms with Crippen molar-refractivity contribution in [3.63, 3.8) is 0 Å². The largest absolute Gasteiger partial charge is 0.491 e. The summed E-state index contributed by atoms with van der Waals surface area (Å²) in [5.74, 6) is 2.80. The summed E-state index contributed by atoms with van der Waals surface area (Å²) in [6.45, 7) is 1.28. The van der Waals surface area contributed by atoms with Crippen LogP contribution < -0.4 is 10.1 Å². The summed E-state index contributed by atoms with van der Waals surface area (Å²) >= 11 is 0. The molecule has 2 bridgehead atoms. The number of nitrogens with zero attached hydrogens (tertiary/aromatic N) is 1. The highest BCUT2D eigenvalue weighted by Crippen LogP contribution is 2.48. The van der Waals surface area contributed by atoms with Gasteiger partial charge in [-0.25, -0.2) is 0 Å². The number of hydrogen-bond donors (Lipinski definition) is 1. The fourth-order valence-electron chi connectivity index (χ4n) is 4.36. The van der Waals surface area contributed by atoms with Crippen LogP contribution in [0.1, 0.15) is 32.1 Å². The van der Waals surface area contributed by atoms with Gasteiger partial charge in [-0.1, -0.05) is 24.6 Å². The van der Waals surface area contributed by atoms with Crippen LogP contribution in [0.4, 0.5) is 0 Å². The third-order valence-electron chi connectivity index (χ3n) is 5.55. The molecule has 2 aliphatic carbocycles. The molecule has 3 atom stereocenters. The van der Waals surface area contributed by atoms with Crippen molar-refractivity contribution in [3.8, 4) is 5.75 Å². The number of ether oxygens (including phenoxy) is 1. The summed E-state index contributed by atoms with van der Waals surface area (Å²) in [6, 6.07) is 9.92. The van der Waals surface area contributed by atoms with E-state index >= 15 is 0 Å². The Hall–Kier alpha value is -2.10. The van der Waals surface area contributed by atoms with E-state index in [1.54, 1.807) is 6.20 Å². The number of hydrogen-bond acceptors (Lipinski definition) is 3. The van der Waals surface area contributed by atoms with Crippen LogP contribution >= 0.6 is 0 Å². The van der Waals surface area contributed by atoms with Gasteiger partial charge in [0.15, 0.2) is 0 Å². The van der Waals surface area contributed by atoms with Crippen molar-refractivity contribution in [1.29, 1.82) is 0 Å². The van der Waals surface area contributed by atoms with E-state index in [4.69, 9.17) is 4.74 Å². The molecular weight excluding hydrogens is 300 g/mol. The maximum atomic E-state index is 12.3. The van der Waals surface area contributed by atoms with Crippen LogP contribution in [0.2, 0.25) is 0 Å². The minimum Gasteiger partial charge on any atom is -0.491 e. The number of pyridine rings is 1. The van der Waals surface area contributed by atoms with Gasteiger partial charge in [-0.05, 0) is 49.7 Å². The van der Waals surface area contributed by atoms with Crippen LogP contribution in [0.15, 0.2) is 36.5 Å². The molecule has 126 valence electrons. The van der Waals surface area contributed by atoms with Gasteiger partial charge in [-0.15, -0.1) is 0 Å². The molecule has 2 aliphatic rings. The van der Waals surface area contributed by atoms with Crippen LogP contribution in [0.25, 0.3) is 10.9 Å². The molecule has 2 saturated carbocycles. The number of amides is 1. The molecule has 0 aliphatic heterocycles. The van der Waals surface area contributed by atoms with Gasteiger partial charge in [-0.3, -0.25) is 9.78 Å². The average molecular weight is 324 g/mol. The molecule has 2 aromatic rings.